The molecule has 1 aliphatic heterocycles. The number of pyridine rings is 1. The molecule has 5 nitrogen and oxygen atoms in total. The van der Waals surface area contributed by atoms with Gasteiger partial charge in [-0.3, -0.25) is 9.78 Å². The molecule has 4 rings (SSSR count). The molecule has 0 saturated carbocycles. The summed E-state index contributed by atoms with van der Waals surface area (Å²) in [6.07, 6.45) is 3.10. The van der Waals surface area contributed by atoms with Crippen LogP contribution in [0.4, 0.5) is 4.39 Å². The molecule has 0 radical (unpaired) electrons. The number of carbonyl (C=O) groups is 1. The van der Waals surface area contributed by atoms with E-state index in [9.17, 15) is 9.18 Å². The van der Waals surface area contributed by atoms with E-state index < -0.39 is 11.9 Å². The molecule has 1 atom stereocenters. The third kappa shape index (κ3) is 3.89. The van der Waals surface area contributed by atoms with E-state index in [0.717, 1.165) is 11.3 Å². The van der Waals surface area contributed by atoms with Gasteiger partial charge in [0.1, 0.15) is 11.5 Å². The first-order valence-electron chi connectivity index (χ1n) is 8.57. The van der Waals surface area contributed by atoms with Crippen molar-refractivity contribution in [3.8, 4) is 17.2 Å². The first-order chi connectivity index (χ1) is 13.2. The number of aromatic nitrogens is 1. The second-order valence-corrected chi connectivity index (χ2v) is 6.19. The summed E-state index contributed by atoms with van der Waals surface area (Å²) in [5, 5.41) is 2.79. The molecule has 136 valence electrons. The normalized spacial score (nSPS) is 14.9. The molecule has 27 heavy (non-hydrogen) atoms. The maximum absolute atomic E-state index is 14.3. The van der Waals surface area contributed by atoms with Crippen LogP contribution in [0.25, 0.3) is 0 Å². The number of benzene rings is 2. The van der Waals surface area contributed by atoms with Gasteiger partial charge in [0.15, 0.2) is 17.7 Å². The Hall–Kier alpha value is -3.41. The summed E-state index contributed by atoms with van der Waals surface area (Å²) < 4.78 is 25.4. The number of amides is 1. The van der Waals surface area contributed by atoms with Gasteiger partial charge in [-0.15, -0.1) is 0 Å². The van der Waals surface area contributed by atoms with Gasteiger partial charge in [-0.25, -0.2) is 4.39 Å². The van der Waals surface area contributed by atoms with Crippen molar-refractivity contribution < 1.29 is 18.7 Å². The Morgan fingerprint density at radius 1 is 1.22 bits per heavy atom. The van der Waals surface area contributed by atoms with Crippen LogP contribution in [0.3, 0.4) is 0 Å². The van der Waals surface area contributed by atoms with Crippen molar-refractivity contribution in [2.75, 3.05) is 0 Å². The summed E-state index contributed by atoms with van der Waals surface area (Å²) in [4.78, 5) is 16.2. The largest absolute Gasteiger partial charge is 0.480 e. The van der Waals surface area contributed by atoms with Crippen molar-refractivity contribution in [1.29, 1.82) is 0 Å². The van der Waals surface area contributed by atoms with Gasteiger partial charge in [0.05, 0.1) is 6.20 Å². The Kier molecular flexibility index (Phi) is 4.70. The maximum atomic E-state index is 14.3. The molecule has 0 fully saturated rings. The minimum atomic E-state index is -0.555. The number of ether oxygens (including phenoxy) is 2. The molecule has 0 spiro atoms. The van der Waals surface area contributed by atoms with E-state index in [2.05, 4.69) is 10.3 Å². The van der Waals surface area contributed by atoms with E-state index in [0.29, 0.717) is 17.7 Å². The van der Waals surface area contributed by atoms with E-state index in [1.54, 1.807) is 24.4 Å². The lowest BCUT2D eigenvalue weighted by molar-refractivity contribution is -0.127. The molecule has 2 aromatic carbocycles. The number of carbonyl (C=O) groups excluding carboxylic acids is 1. The van der Waals surface area contributed by atoms with Gasteiger partial charge in [0.25, 0.3) is 5.91 Å². The van der Waals surface area contributed by atoms with Crippen LogP contribution in [0.2, 0.25) is 0 Å². The van der Waals surface area contributed by atoms with Gasteiger partial charge in [0.2, 0.25) is 0 Å². The molecule has 1 unspecified atom stereocenters. The molecule has 6 heteroatoms. The van der Waals surface area contributed by atoms with Gasteiger partial charge < -0.3 is 14.8 Å². The molecule has 3 aromatic rings. The molecule has 1 aromatic heterocycles. The van der Waals surface area contributed by atoms with Crippen LogP contribution in [0.5, 0.6) is 17.2 Å². The van der Waals surface area contributed by atoms with Crippen LogP contribution in [0.1, 0.15) is 11.1 Å². The molecular weight excluding hydrogens is 347 g/mol. The lowest BCUT2D eigenvalue weighted by atomic mass is 10.1. The predicted molar refractivity (Wildman–Crippen MR) is 97.1 cm³/mol. The first-order valence-corrected chi connectivity index (χ1v) is 8.57. The van der Waals surface area contributed by atoms with Crippen LogP contribution in [0.15, 0.2) is 67.0 Å². The summed E-state index contributed by atoms with van der Waals surface area (Å²) in [5.74, 6) is 0.570. The lowest BCUT2D eigenvalue weighted by Crippen LogP contribution is -2.37. The summed E-state index contributed by atoms with van der Waals surface area (Å²) in [6, 6.07) is 15.6. The summed E-state index contributed by atoms with van der Waals surface area (Å²) >= 11 is 0. The highest BCUT2D eigenvalue weighted by Crippen LogP contribution is 2.28. The SMILES string of the molecule is O=C(NCc1ccc(Oc2cccnc2)c(F)c1)C1Cc2ccccc2O1. The van der Waals surface area contributed by atoms with Crippen molar-refractivity contribution in [3.05, 3.63) is 83.9 Å². The third-order valence-corrected chi connectivity index (χ3v) is 4.26. The second kappa shape index (κ2) is 7.45. The van der Waals surface area contributed by atoms with Gasteiger partial charge in [-0.2, -0.15) is 0 Å². The standard InChI is InChI=1S/C21H17FN2O3/c22-17-10-14(7-8-19(17)26-16-5-3-9-23-13-16)12-24-21(25)20-11-15-4-1-2-6-18(15)27-20/h1-10,13,20H,11-12H2,(H,24,25). The van der Waals surface area contributed by atoms with E-state index in [4.69, 9.17) is 9.47 Å². The van der Waals surface area contributed by atoms with Crippen LogP contribution in [-0.4, -0.2) is 17.0 Å². The Balaban J connectivity index is 1.35. The monoisotopic (exact) mass is 364 g/mol. The Morgan fingerprint density at radius 2 is 2.11 bits per heavy atom. The van der Waals surface area contributed by atoms with Gasteiger partial charge in [-0.05, 0) is 41.5 Å². The minimum Gasteiger partial charge on any atom is -0.480 e. The van der Waals surface area contributed by atoms with Gasteiger partial charge in [0, 0.05) is 19.2 Å². The fourth-order valence-electron chi connectivity index (χ4n) is 2.90. The average molecular weight is 364 g/mol. The summed E-state index contributed by atoms with van der Waals surface area (Å²) in [6.45, 7) is 0.207. The van der Waals surface area contributed by atoms with E-state index >= 15 is 0 Å². The van der Waals surface area contributed by atoms with Crippen molar-refractivity contribution in [3.63, 3.8) is 0 Å². The molecule has 1 amide bonds. The lowest BCUT2D eigenvalue weighted by Gasteiger charge is -2.12. The number of nitrogens with one attached hydrogen (secondary N) is 1. The Morgan fingerprint density at radius 3 is 2.89 bits per heavy atom. The highest BCUT2D eigenvalue weighted by atomic mass is 19.1. The fraction of sp³-hybridized carbons (Fsp3) is 0.143. The van der Waals surface area contributed by atoms with Crippen LogP contribution in [0, 0.1) is 5.82 Å². The third-order valence-electron chi connectivity index (χ3n) is 4.26. The Labute approximate surface area is 155 Å². The number of rotatable bonds is 5. The molecular formula is C21H17FN2O3. The zero-order chi connectivity index (χ0) is 18.6. The van der Waals surface area contributed by atoms with Crippen molar-refractivity contribution >= 4 is 5.91 Å². The quantitative estimate of drug-likeness (QED) is 0.751. The summed E-state index contributed by atoms with van der Waals surface area (Å²) in [5.41, 5.74) is 1.65. The van der Waals surface area contributed by atoms with E-state index in [1.165, 1.54) is 18.3 Å². The smallest absolute Gasteiger partial charge is 0.261 e. The maximum Gasteiger partial charge on any atom is 0.261 e. The molecule has 0 saturated heterocycles. The first kappa shape index (κ1) is 17.0. The van der Waals surface area contributed by atoms with Crippen LogP contribution in [-0.2, 0) is 17.8 Å². The van der Waals surface area contributed by atoms with Crippen molar-refractivity contribution in [2.24, 2.45) is 0 Å². The van der Waals surface area contributed by atoms with E-state index in [-0.39, 0.29) is 18.2 Å². The minimum absolute atomic E-state index is 0.104. The average Bonchev–Trinajstić information content (AvgIpc) is 3.13. The predicted octanol–water partition coefficient (Wildman–Crippen LogP) is 3.63. The van der Waals surface area contributed by atoms with Gasteiger partial charge in [-0.1, -0.05) is 24.3 Å². The number of para-hydroxylation sites is 1. The topological polar surface area (TPSA) is 60.5 Å². The van der Waals surface area contributed by atoms with Crippen LogP contribution < -0.4 is 14.8 Å². The molecule has 0 bridgehead atoms. The molecule has 0 aliphatic carbocycles. The zero-order valence-electron chi connectivity index (χ0n) is 14.4. The number of hydrogen-bond acceptors (Lipinski definition) is 4. The summed E-state index contributed by atoms with van der Waals surface area (Å²) in [7, 11) is 0. The highest BCUT2D eigenvalue weighted by Gasteiger charge is 2.28. The molecule has 1 N–H and O–H groups in total. The van der Waals surface area contributed by atoms with E-state index in [1.807, 2.05) is 24.3 Å². The fourth-order valence-corrected chi connectivity index (χ4v) is 2.90. The zero-order valence-corrected chi connectivity index (χ0v) is 14.4. The molecule has 1 aliphatic rings. The van der Waals surface area contributed by atoms with Crippen molar-refractivity contribution in [2.45, 2.75) is 19.1 Å². The van der Waals surface area contributed by atoms with Crippen LogP contribution >= 0.6 is 0 Å². The number of fused-ring (bicyclic) bond motifs is 1. The number of nitrogens with zero attached hydrogens (tertiary/aromatic N) is 1. The molecule has 2 heterocycles. The second-order valence-electron chi connectivity index (χ2n) is 6.19. The number of hydrogen-bond donors (Lipinski definition) is 1. The van der Waals surface area contributed by atoms with Crippen molar-refractivity contribution in [1.82, 2.24) is 10.3 Å². The Bertz CT molecular complexity index is 938. The van der Waals surface area contributed by atoms with Gasteiger partial charge >= 0.3 is 0 Å². The number of halogens is 1. The highest BCUT2D eigenvalue weighted by molar-refractivity contribution is 5.82.